The van der Waals surface area contributed by atoms with Crippen LogP contribution in [-0.2, 0) is 18.6 Å². The van der Waals surface area contributed by atoms with Crippen molar-refractivity contribution in [3.8, 4) is 0 Å². The van der Waals surface area contributed by atoms with Crippen LogP contribution >= 0.6 is 7.82 Å². The second kappa shape index (κ2) is 12.8. The van der Waals surface area contributed by atoms with E-state index in [9.17, 15) is 9.36 Å². The molecule has 0 heterocycles. The van der Waals surface area contributed by atoms with Gasteiger partial charge in [0.1, 0.15) is 0 Å². The van der Waals surface area contributed by atoms with E-state index in [4.69, 9.17) is 19.0 Å². The number of carbonyl (C=O) groups is 1. The second-order valence-electron chi connectivity index (χ2n) is 5.29. The summed E-state index contributed by atoms with van der Waals surface area (Å²) in [6, 6.07) is 0. The number of carbonyl (C=O) groups excluding carboxylic acids is 1. The van der Waals surface area contributed by atoms with E-state index in [1.807, 2.05) is 0 Å². The van der Waals surface area contributed by atoms with Gasteiger partial charge in [0.05, 0.1) is 12.7 Å². The summed E-state index contributed by atoms with van der Waals surface area (Å²) in [5.41, 5.74) is 0. The first-order valence-corrected chi connectivity index (χ1v) is 9.45. The molecule has 2 N–H and O–H groups in total. The fraction of sp³-hybridized carbons (Fsp3) is 0.800. The fourth-order valence-corrected chi connectivity index (χ4v) is 2.72. The number of unbranched alkanes of at least 4 members (excludes halogenated alkanes) is 6. The highest BCUT2D eigenvalue weighted by molar-refractivity contribution is 7.46. The number of ether oxygens (including phenoxy) is 1. The van der Waals surface area contributed by atoms with E-state index in [0.717, 1.165) is 25.3 Å². The lowest BCUT2D eigenvalue weighted by atomic mass is 10.1. The summed E-state index contributed by atoms with van der Waals surface area (Å²) >= 11 is 0. The Morgan fingerprint density at radius 2 is 1.73 bits per heavy atom. The van der Waals surface area contributed by atoms with Gasteiger partial charge in [-0.1, -0.05) is 58.4 Å². The zero-order valence-corrected chi connectivity index (χ0v) is 14.3. The van der Waals surface area contributed by atoms with Gasteiger partial charge >= 0.3 is 13.8 Å². The van der Waals surface area contributed by atoms with Gasteiger partial charge < -0.3 is 14.5 Å². The molecule has 0 aromatic carbocycles. The van der Waals surface area contributed by atoms with Crippen LogP contribution in [0.4, 0.5) is 0 Å². The molecule has 0 rings (SSSR count). The number of hydrogen-bond acceptors (Lipinski definition) is 4. The molecule has 0 saturated heterocycles. The molecule has 1 atom stereocenters. The summed E-state index contributed by atoms with van der Waals surface area (Å²) in [6.07, 6.45) is 9.11. The zero-order valence-electron chi connectivity index (χ0n) is 13.4. The Morgan fingerprint density at radius 1 is 1.14 bits per heavy atom. The largest absolute Gasteiger partial charge is 0.469 e. The monoisotopic (exact) mass is 336 g/mol. The summed E-state index contributed by atoms with van der Waals surface area (Å²) in [6.45, 7) is 5.51. The molecule has 7 heteroatoms. The van der Waals surface area contributed by atoms with Crippen molar-refractivity contribution in [1.29, 1.82) is 0 Å². The van der Waals surface area contributed by atoms with E-state index < -0.39 is 19.9 Å². The Kier molecular flexibility index (Phi) is 12.4. The van der Waals surface area contributed by atoms with Crippen molar-refractivity contribution < 1.29 is 28.4 Å². The van der Waals surface area contributed by atoms with Crippen LogP contribution in [0.15, 0.2) is 12.7 Å². The van der Waals surface area contributed by atoms with Crippen molar-refractivity contribution in [2.45, 2.75) is 70.8 Å². The number of phosphoric ester groups is 1. The highest BCUT2D eigenvalue weighted by atomic mass is 31.2. The first-order valence-electron chi connectivity index (χ1n) is 7.92. The van der Waals surface area contributed by atoms with Gasteiger partial charge in [-0.3, -0.25) is 4.52 Å². The summed E-state index contributed by atoms with van der Waals surface area (Å²) < 4.78 is 20.5. The molecule has 0 aromatic rings. The average Bonchev–Trinajstić information content (AvgIpc) is 2.44. The third-order valence-corrected chi connectivity index (χ3v) is 3.84. The molecule has 0 aromatic heterocycles. The maximum absolute atomic E-state index is 11.0. The summed E-state index contributed by atoms with van der Waals surface area (Å²) in [7, 11) is -4.52. The minimum atomic E-state index is -4.52. The van der Waals surface area contributed by atoms with E-state index in [1.165, 1.54) is 25.7 Å². The quantitative estimate of drug-likeness (QED) is 0.217. The third kappa shape index (κ3) is 14.3. The first kappa shape index (κ1) is 21.3. The molecule has 0 bridgehead atoms. The molecule has 0 saturated carbocycles. The topological polar surface area (TPSA) is 93.1 Å². The number of rotatable bonds is 14. The standard InChI is InChI=1S/C15H29O6P/c1-3-5-6-7-8-9-10-11-14(21-22(17,18)19)12-13-20-15(16)4-2/h4,14H,2-3,5-13H2,1H3,(H2,17,18,19). The lowest BCUT2D eigenvalue weighted by Crippen LogP contribution is -2.16. The van der Waals surface area contributed by atoms with Gasteiger partial charge in [-0.15, -0.1) is 0 Å². The molecule has 0 aliphatic heterocycles. The van der Waals surface area contributed by atoms with Crippen molar-refractivity contribution in [2.24, 2.45) is 0 Å². The van der Waals surface area contributed by atoms with Crippen LogP contribution in [-0.4, -0.2) is 28.5 Å². The molecule has 0 radical (unpaired) electrons. The van der Waals surface area contributed by atoms with Crippen LogP contribution in [0.5, 0.6) is 0 Å². The van der Waals surface area contributed by atoms with Crippen molar-refractivity contribution in [3.05, 3.63) is 12.7 Å². The molecule has 6 nitrogen and oxygen atoms in total. The Labute approximate surface area is 133 Å². The highest BCUT2D eigenvalue weighted by Gasteiger charge is 2.22. The number of phosphoric acid groups is 1. The first-order chi connectivity index (χ1) is 10.4. The van der Waals surface area contributed by atoms with Crippen LogP contribution in [0.3, 0.4) is 0 Å². The predicted molar refractivity (Wildman–Crippen MR) is 85.3 cm³/mol. The molecule has 0 aliphatic rings. The highest BCUT2D eigenvalue weighted by Crippen LogP contribution is 2.39. The minimum absolute atomic E-state index is 0.0615. The van der Waals surface area contributed by atoms with Crippen LogP contribution in [0.1, 0.15) is 64.7 Å². The molecule has 0 spiro atoms. The molecule has 130 valence electrons. The second-order valence-corrected chi connectivity index (χ2v) is 6.48. The molecule has 22 heavy (non-hydrogen) atoms. The van der Waals surface area contributed by atoms with Gasteiger partial charge in [0, 0.05) is 12.5 Å². The van der Waals surface area contributed by atoms with E-state index in [2.05, 4.69) is 13.5 Å². The molecular weight excluding hydrogens is 307 g/mol. The van der Waals surface area contributed by atoms with Gasteiger partial charge in [-0.05, 0) is 6.42 Å². The molecular formula is C15H29O6P. The lowest BCUT2D eigenvalue weighted by Gasteiger charge is -2.18. The van der Waals surface area contributed by atoms with Crippen LogP contribution < -0.4 is 0 Å². The lowest BCUT2D eigenvalue weighted by molar-refractivity contribution is -0.138. The molecule has 0 aliphatic carbocycles. The Morgan fingerprint density at radius 3 is 2.27 bits per heavy atom. The van der Waals surface area contributed by atoms with Gasteiger partial charge in [0.15, 0.2) is 0 Å². The van der Waals surface area contributed by atoms with Crippen LogP contribution in [0, 0.1) is 0 Å². The van der Waals surface area contributed by atoms with Gasteiger partial charge in [-0.25, -0.2) is 9.36 Å². The zero-order chi connectivity index (χ0) is 16.8. The summed E-state index contributed by atoms with van der Waals surface area (Å²) in [4.78, 5) is 28.7. The normalized spacial score (nSPS) is 12.9. The van der Waals surface area contributed by atoms with Crippen LogP contribution in [0.2, 0.25) is 0 Å². The van der Waals surface area contributed by atoms with E-state index in [-0.39, 0.29) is 13.0 Å². The van der Waals surface area contributed by atoms with Crippen molar-refractivity contribution >= 4 is 13.8 Å². The Hall–Kier alpha value is -0.680. The fourth-order valence-electron chi connectivity index (χ4n) is 2.12. The van der Waals surface area contributed by atoms with E-state index in [0.29, 0.717) is 6.42 Å². The SMILES string of the molecule is C=CC(=O)OCCC(CCCCCCCCC)OP(=O)(O)O. The predicted octanol–water partition coefficient (Wildman–Crippen LogP) is 3.72. The van der Waals surface area contributed by atoms with E-state index >= 15 is 0 Å². The van der Waals surface area contributed by atoms with Gasteiger partial charge in [-0.2, -0.15) is 0 Å². The summed E-state index contributed by atoms with van der Waals surface area (Å²) in [5, 5.41) is 0. The molecule has 0 amide bonds. The maximum Gasteiger partial charge on any atom is 0.469 e. The maximum atomic E-state index is 11.0. The minimum Gasteiger partial charge on any atom is -0.462 e. The van der Waals surface area contributed by atoms with Crippen molar-refractivity contribution in [2.75, 3.05) is 6.61 Å². The summed E-state index contributed by atoms with van der Waals surface area (Å²) in [5.74, 6) is -0.550. The number of esters is 1. The van der Waals surface area contributed by atoms with Crippen molar-refractivity contribution in [1.82, 2.24) is 0 Å². The Bertz CT molecular complexity index is 352. The molecule has 1 unspecified atom stereocenters. The smallest absolute Gasteiger partial charge is 0.462 e. The molecule has 0 fully saturated rings. The third-order valence-electron chi connectivity index (χ3n) is 3.27. The van der Waals surface area contributed by atoms with E-state index in [1.54, 1.807) is 0 Å². The van der Waals surface area contributed by atoms with Gasteiger partial charge in [0.25, 0.3) is 0 Å². The van der Waals surface area contributed by atoms with Crippen LogP contribution in [0.25, 0.3) is 0 Å². The average molecular weight is 336 g/mol. The van der Waals surface area contributed by atoms with Gasteiger partial charge in [0.2, 0.25) is 0 Å². The number of hydrogen-bond donors (Lipinski definition) is 2. The van der Waals surface area contributed by atoms with Crippen molar-refractivity contribution in [3.63, 3.8) is 0 Å². The Balaban J connectivity index is 3.95.